The van der Waals surface area contributed by atoms with Crippen LogP contribution in [0.1, 0.15) is 219 Å². The van der Waals surface area contributed by atoms with Gasteiger partial charge in [0.05, 0.1) is 32.8 Å². The van der Waals surface area contributed by atoms with E-state index in [9.17, 15) is 39.6 Å². The smallest absolute Gasteiger partial charge is 0.332 e. The molecule has 1 aliphatic heterocycles. The van der Waals surface area contributed by atoms with Gasteiger partial charge in [-0.1, -0.05) is 206 Å². The molecule has 1 unspecified atom stereocenters. The highest BCUT2D eigenvalue weighted by Crippen LogP contribution is 2.16. The van der Waals surface area contributed by atoms with Crippen LogP contribution in [0.25, 0.3) is 0 Å². The molecule has 4 N–H and O–H groups in total. The minimum Gasteiger partial charge on any atom is -0.480 e. The molecule has 1 fully saturated rings. The minimum atomic E-state index is -1.07. The van der Waals surface area contributed by atoms with Crippen molar-refractivity contribution in [2.75, 3.05) is 118 Å². The second-order valence-corrected chi connectivity index (χ2v) is 21.3. The van der Waals surface area contributed by atoms with Crippen LogP contribution in [-0.2, 0) is 38.1 Å². The predicted molar refractivity (Wildman–Crippen MR) is 296 cm³/mol. The number of unbranched alkanes of at least 4 members (excludes halogenated alkanes) is 30. The third-order valence-electron chi connectivity index (χ3n) is 14.2. The molecule has 16 heteroatoms. The number of aliphatic hydroxyl groups excluding tert-OH is 1. The quantitative estimate of drug-likeness (QED) is 0.0331. The summed E-state index contributed by atoms with van der Waals surface area (Å²) in [5.41, 5.74) is 0. The van der Waals surface area contributed by atoms with Crippen LogP contribution in [0.4, 0.5) is 0 Å². The lowest BCUT2D eigenvalue weighted by Crippen LogP contribution is -2.49. The van der Waals surface area contributed by atoms with Crippen LogP contribution in [0.3, 0.4) is 0 Å². The topological polar surface area (TPSA) is 199 Å². The zero-order valence-corrected chi connectivity index (χ0v) is 47.4. The number of hydrogen-bond donors (Lipinski definition) is 4. The van der Waals surface area contributed by atoms with Crippen LogP contribution in [0.15, 0.2) is 0 Å². The number of aliphatic hydroxyl groups is 1. The fraction of sp³-hybridized carbons (Fsp3) is 0.931. The fourth-order valence-electron chi connectivity index (χ4n) is 9.66. The van der Waals surface area contributed by atoms with Gasteiger partial charge in [0, 0.05) is 72.1 Å². The molecule has 1 aliphatic rings. The molecule has 1 heterocycles. The van der Waals surface area contributed by atoms with Gasteiger partial charge in [0.15, 0.2) is 0 Å². The van der Waals surface area contributed by atoms with Crippen LogP contribution in [-0.4, -0.2) is 194 Å². The van der Waals surface area contributed by atoms with Crippen molar-refractivity contribution in [1.29, 1.82) is 0 Å². The summed E-state index contributed by atoms with van der Waals surface area (Å²) in [6, 6.07) is 0. The third-order valence-corrected chi connectivity index (χ3v) is 14.2. The monoisotopic (exact) mass is 1060 g/mol. The average molecular weight is 1060 g/mol. The lowest BCUT2D eigenvalue weighted by atomic mass is 10.0. The number of β-amino-alcohol motifs (C(OH)–C–C–N with tert-alkyl or cyclic N) is 1. The van der Waals surface area contributed by atoms with E-state index >= 15 is 0 Å². The van der Waals surface area contributed by atoms with Crippen LogP contribution in [0, 0.1) is 0 Å². The summed E-state index contributed by atoms with van der Waals surface area (Å²) in [6.45, 7) is 7.67. The summed E-state index contributed by atoms with van der Waals surface area (Å²) in [4.78, 5) is 54.8. The van der Waals surface area contributed by atoms with Gasteiger partial charge >= 0.3 is 23.9 Å². The summed E-state index contributed by atoms with van der Waals surface area (Å²) in [6.07, 6.45) is 40.4. The maximum atomic E-state index is 12.9. The number of carboxylic acids is 3. The number of carbonyl (C=O) groups excluding carboxylic acids is 1. The van der Waals surface area contributed by atoms with Gasteiger partial charge in [-0.15, -0.1) is 0 Å². The predicted octanol–water partition coefficient (Wildman–Crippen LogP) is 10.3. The summed E-state index contributed by atoms with van der Waals surface area (Å²) < 4.78 is 23.5. The van der Waals surface area contributed by atoms with Gasteiger partial charge in [0.25, 0.3) is 0 Å². The summed E-state index contributed by atoms with van der Waals surface area (Å²) in [7, 11) is 0. The Labute approximate surface area is 450 Å². The number of rotatable bonds is 51. The van der Waals surface area contributed by atoms with Crippen molar-refractivity contribution in [3.63, 3.8) is 0 Å². The van der Waals surface area contributed by atoms with Gasteiger partial charge in [-0.2, -0.15) is 0 Å². The van der Waals surface area contributed by atoms with Crippen molar-refractivity contribution in [2.24, 2.45) is 0 Å². The van der Waals surface area contributed by atoms with Gasteiger partial charge in [-0.05, 0) is 12.8 Å². The number of hydrogen-bond acceptors (Lipinski definition) is 13. The Hall–Kier alpha value is -2.44. The molecule has 0 radical (unpaired) electrons. The highest BCUT2D eigenvalue weighted by atomic mass is 16.6. The number of esters is 1. The zero-order chi connectivity index (χ0) is 54.0. The van der Waals surface area contributed by atoms with Crippen LogP contribution in [0.5, 0.6) is 0 Å². The molecular weight excluding hydrogens is 945 g/mol. The Morgan fingerprint density at radius 1 is 0.392 bits per heavy atom. The number of carboxylic acid groups (broad SMARTS) is 3. The van der Waals surface area contributed by atoms with E-state index in [0.717, 1.165) is 25.7 Å². The van der Waals surface area contributed by atoms with Crippen LogP contribution < -0.4 is 0 Å². The van der Waals surface area contributed by atoms with E-state index in [4.69, 9.17) is 18.9 Å². The molecule has 16 nitrogen and oxygen atoms in total. The van der Waals surface area contributed by atoms with Crippen molar-refractivity contribution in [3.8, 4) is 0 Å². The second-order valence-electron chi connectivity index (χ2n) is 21.3. The normalized spacial score (nSPS) is 15.3. The molecule has 0 aliphatic carbocycles. The Bertz CT molecular complexity index is 1250. The van der Waals surface area contributed by atoms with E-state index in [1.807, 2.05) is 4.90 Å². The van der Waals surface area contributed by atoms with Crippen molar-refractivity contribution in [1.82, 2.24) is 19.6 Å². The van der Waals surface area contributed by atoms with Crippen molar-refractivity contribution in [2.45, 2.75) is 232 Å². The Morgan fingerprint density at radius 2 is 0.662 bits per heavy atom. The molecule has 0 aromatic heterocycles. The maximum Gasteiger partial charge on any atom is 0.332 e. The second kappa shape index (κ2) is 51.3. The zero-order valence-electron chi connectivity index (χ0n) is 47.4. The van der Waals surface area contributed by atoms with Gasteiger partial charge in [-0.3, -0.25) is 34.0 Å². The van der Waals surface area contributed by atoms with E-state index in [1.54, 1.807) is 14.7 Å². The Morgan fingerprint density at radius 3 is 0.946 bits per heavy atom. The average Bonchev–Trinajstić information content (AvgIpc) is 3.36. The Kier molecular flexibility index (Phi) is 48.3. The molecule has 0 bridgehead atoms. The first-order valence-corrected chi connectivity index (χ1v) is 30.2. The number of nitrogens with zero attached hydrogens (tertiary/aromatic N) is 4. The highest BCUT2D eigenvalue weighted by Gasteiger charge is 2.22. The van der Waals surface area contributed by atoms with Gasteiger partial charge in [0.2, 0.25) is 0 Å². The van der Waals surface area contributed by atoms with Crippen molar-refractivity contribution >= 4 is 23.9 Å². The molecular formula is C58H112N4O12. The van der Waals surface area contributed by atoms with Gasteiger partial charge in [0.1, 0.15) is 25.4 Å². The lowest BCUT2D eigenvalue weighted by molar-refractivity contribution is -0.157. The number of ether oxygens (including phenoxy) is 4. The van der Waals surface area contributed by atoms with E-state index in [1.165, 1.54) is 180 Å². The largest absolute Gasteiger partial charge is 0.480 e. The standard InChI is InChI=1S/C58H112N4O12/c1-3-5-7-9-11-13-15-17-19-21-23-25-27-29-31-33-43-71-50-54(51-72-44-34-32-30-28-26-24-22-20-18-16-14-12-10-8-6-4-2)73-52-58(70)74-49-53(63)45-59-35-37-60(46-55(64)65)39-41-62(48-57(68)69)42-40-61(38-36-59)47-56(66)67/h53-54,63H,3-52H2,1-2H3,(H,64,65)(H,66,67)(H,68,69). The molecule has 1 saturated heterocycles. The molecule has 436 valence electrons. The molecule has 0 spiro atoms. The fourth-order valence-corrected chi connectivity index (χ4v) is 9.66. The SMILES string of the molecule is CCCCCCCCCCCCCCCCCCOCC(COCCCCCCCCCCCCCCCCCC)OCC(=O)OCC(O)CN1CCN(CC(=O)O)CCN(CC(=O)O)CCN(CC(=O)O)CC1. The first-order chi connectivity index (χ1) is 36.0. The molecule has 0 saturated carbocycles. The first kappa shape index (κ1) is 69.6. The Balaban J connectivity index is 2.55. The van der Waals surface area contributed by atoms with Crippen LogP contribution >= 0.6 is 0 Å². The van der Waals surface area contributed by atoms with Crippen LogP contribution in [0.2, 0.25) is 0 Å². The summed E-state index contributed by atoms with van der Waals surface area (Å²) >= 11 is 0. The van der Waals surface area contributed by atoms with E-state index in [-0.39, 0.29) is 39.4 Å². The lowest BCUT2D eigenvalue weighted by Gasteiger charge is -2.33. The number of carbonyl (C=O) groups is 4. The molecule has 1 rings (SSSR count). The van der Waals surface area contributed by atoms with E-state index < -0.39 is 36.1 Å². The highest BCUT2D eigenvalue weighted by molar-refractivity contribution is 5.71. The first-order valence-electron chi connectivity index (χ1n) is 30.2. The van der Waals surface area contributed by atoms with E-state index in [2.05, 4.69) is 13.8 Å². The van der Waals surface area contributed by atoms with E-state index in [0.29, 0.717) is 78.8 Å². The summed E-state index contributed by atoms with van der Waals surface area (Å²) in [5.74, 6) is -3.67. The molecule has 74 heavy (non-hydrogen) atoms. The minimum absolute atomic E-state index is 0.101. The molecule has 0 aromatic rings. The van der Waals surface area contributed by atoms with Crippen molar-refractivity contribution < 1.29 is 58.6 Å². The van der Waals surface area contributed by atoms with Gasteiger partial charge < -0.3 is 39.4 Å². The molecule has 1 atom stereocenters. The molecule has 0 aromatic carbocycles. The summed E-state index contributed by atoms with van der Waals surface area (Å²) in [5, 5.41) is 39.5. The number of aliphatic carboxylic acids is 3. The maximum absolute atomic E-state index is 12.9. The third kappa shape index (κ3) is 46.8. The van der Waals surface area contributed by atoms with Gasteiger partial charge in [-0.25, -0.2) is 4.79 Å². The van der Waals surface area contributed by atoms with Crippen molar-refractivity contribution in [3.05, 3.63) is 0 Å². The molecule has 0 amide bonds.